The molecule has 1 aliphatic heterocycles. The molecule has 1 aliphatic rings. The van der Waals surface area contributed by atoms with E-state index >= 15 is 0 Å². The smallest absolute Gasteiger partial charge is 0.254 e. The van der Waals surface area contributed by atoms with E-state index in [2.05, 4.69) is 5.32 Å². The van der Waals surface area contributed by atoms with Crippen molar-refractivity contribution in [2.45, 2.75) is 45.7 Å². The van der Waals surface area contributed by atoms with Crippen LogP contribution in [0.4, 0.5) is 0 Å². The number of aryl methyl sites for hydroxylation is 1. The SMILES string of the molecule is COc1ccc(C(=O)N2CCC[C@H]2COc2ccc(C(=O)NC(C)C)cc2)c(C)c1. The molecule has 1 atom stereocenters. The first-order valence-electron chi connectivity index (χ1n) is 10.4. The summed E-state index contributed by atoms with van der Waals surface area (Å²) in [5.41, 5.74) is 2.20. The number of hydrogen-bond acceptors (Lipinski definition) is 4. The average Bonchev–Trinajstić information content (AvgIpc) is 3.20. The van der Waals surface area contributed by atoms with Gasteiger partial charge in [0, 0.05) is 23.7 Å². The Balaban J connectivity index is 1.61. The van der Waals surface area contributed by atoms with Crippen LogP contribution in [0.15, 0.2) is 42.5 Å². The van der Waals surface area contributed by atoms with Crippen molar-refractivity contribution >= 4 is 11.8 Å². The van der Waals surface area contributed by atoms with Gasteiger partial charge in [0.2, 0.25) is 0 Å². The fourth-order valence-corrected chi connectivity index (χ4v) is 3.67. The van der Waals surface area contributed by atoms with Crippen LogP contribution >= 0.6 is 0 Å². The van der Waals surface area contributed by atoms with Gasteiger partial charge in [0.05, 0.1) is 13.2 Å². The maximum absolute atomic E-state index is 13.1. The van der Waals surface area contributed by atoms with Crippen molar-refractivity contribution in [3.8, 4) is 11.5 Å². The summed E-state index contributed by atoms with van der Waals surface area (Å²) < 4.78 is 11.2. The average molecular weight is 411 g/mol. The molecule has 1 heterocycles. The molecule has 2 aromatic rings. The van der Waals surface area contributed by atoms with Gasteiger partial charge in [0.1, 0.15) is 18.1 Å². The fourth-order valence-electron chi connectivity index (χ4n) is 3.67. The predicted octanol–water partition coefficient (Wildman–Crippen LogP) is 3.83. The van der Waals surface area contributed by atoms with Gasteiger partial charge in [-0.1, -0.05) is 0 Å². The third kappa shape index (κ3) is 5.12. The van der Waals surface area contributed by atoms with E-state index in [1.165, 1.54) is 0 Å². The number of carbonyl (C=O) groups is 2. The standard InChI is InChI=1S/C24H30N2O4/c1-16(2)25-23(27)18-7-9-20(10-8-18)30-15-19-6-5-13-26(19)24(28)22-12-11-21(29-4)14-17(22)3/h7-12,14,16,19H,5-6,13,15H2,1-4H3,(H,25,27)/t19-/m0/s1. The minimum absolute atomic E-state index is 0.0296. The summed E-state index contributed by atoms with van der Waals surface area (Å²) in [6.45, 7) is 6.94. The molecule has 0 radical (unpaired) electrons. The van der Waals surface area contributed by atoms with Gasteiger partial charge in [0.15, 0.2) is 0 Å². The molecule has 1 saturated heterocycles. The van der Waals surface area contributed by atoms with Crippen LogP contribution in [0.2, 0.25) is 0 Å². The zero-order valence-corrected chi connectivity index (χ0v) is 18.1. The summed E-state index contributed by atoms with van der Waals surface area (Å²) in [6.07, 6.45) is 1.87. The summed E-state index contributed by atoms with van der Waals surface area (Å²) in [5, 5.41) is 2.87. The molecule has 6 heteroatoms. The third-order valence-corrected chi connectivity index (χ3v) is 5.28. The van der Waals surface area contributed by atoms with E-state index in [1.807, 2.05) is 43.9 Å². The lowest BCUT2D eigenvalue weighted by atomic mass is 10.1. The maximum Gasteiger partial charge on any atom is 0.254 e. The van der Waals surface area contributed by atoms with E-state index in [-0.39, 0.29) is 23.9 Å². The number of nitrogens with one attached hydrogen (secondary N) is 1. The first-order valence-corrected chi connectivity index (χ1v) is 10.4. The highest BCUT2D eigenvalue weighted by Gasteiger charge is 2.30. The number of rotatable bonds is 7. The van der Waals surface area contributed by atoms with Gasteiger partial charge in [-0.05, 0) is 81.6 Å². The minimum atomic E-state index is -0.0982. The van der Waals surface area contributed by atoms with E-state index in [1.54, 1.807) is 31.4 Å². The molecule has 0 saturated carbocycles. The van der Waals surface area contributed by atoms with Gasteiger partial charge in [-0.15, -0.1) is 0 Å². The topological polar surface area (TPSA) is 67.9 Å². The van der Waals surface area contributed by atoms with E-state index in [4.69, 9.17) is 9.47 Å². The Bertz CT molecular complexity index is 893. The van der Waals surface area contributed by atoms with Crippen molar-refractivity contribution < 1.29 is 19.1 Å². The van der Waals surface area contributed by atoms with Crippen molar-refractivity contribution in [1.82, 2.24) is 10.2 Å². The first-order chi connectivity index (χ1) is 14.4. The number of methoxy groups -OCH3 is 1. The molecule has 6 nitrogen and oxygen atoms in total. The number of benzene rings is 2. The van der Waals surface area contributed by atoms with Gasteiger partial charge in [0.25, 0.3) is 11.8 Å². The zero-order valence-electron chi connectivity index (χ0n) is 18.1. The van der Waals surface area contributed by atoms with Crippen LogP contribution in [0.5, 0.6) is 11.5 Å². The summed E-state index contributed by atoms with van der Waals surface area (Å²) in [7, 11) is 1.62. The molecule has 2 aromatic carbocycles. The fraction of sp³-hybridized carbons (Fsp3) is 0.417. The lowest BCUT2D eigenvalue weighted by Crippen LogP contribution is -2.39. The molecule has 0 aromatic heterocycles. The Labute approximate surface area is 178 Å². The van der Waals surface area contributed by atoms with E-state index in [9.17, 15) is 9.59 Å². The molecule has 0 bridgehead atoms. The second-order valence-corrected chi connectivity index (χ2v) is 7.94. The van der Waals surface area contributed by atoms with Crippen molar-refractivity contribution in [3.63, 3.8) is 0 Å². The van der Waals surface area contributed by atoms with Gasteiger partial charge >= 0.3 is 0 Å². The molecule has 2 amide bonds. The lowest BCUT2D eigenvalue weighted by molar-refractivity contribution is 0.0690. The van der Waals surface area contributed by atoms with Crippen LogP contribution in [-0.2, 0) is 0 Å². The largest absolute Gasteiger partial charge is 0.497 e. The van der Waals surface area contributed by atoms with Gasteiger partial charge in [-0.2, -0.15) is 0 Å². The van der Waals surface area contributed by atoms with Crippen molar-refractivity contribution in [2.24, 2.45) is 0 Å². The van der Waals surface area contributed by atoms with Crippen LogP contribution in [0.3, 0.4) is 0 Å². The van der Waals surface area contributed by atoms with Crippen LogP contribution in [-0.4, -0.2) is 49.1 Å². The molecule has 0 unspecified atom stereocenters. The molecule has 3 rings (SSSR count). The zero-order chi connectivity index (χ0) is 21.7. The highest BCUT2D eigenvalue weighted by atomic mass is 16.5. The number of carbonyl (C=O) groups excluding carboxylic acids is 2. The van der Waals surface area contributed by atoms with Crippen LogP contribution in [0.25, 0.3) is 0 Å². The maximum atomic E-state index is 13.1. The number of nitrogens with zero attached hydrogens (tertiary/aromatic N) is 1. The summed E-state index contributed by atoms with van der Waals surface area (Å²) in [4.78, 5) is 27.0. The number of likely N-dealkylation sites (tertiary alicyclic amines) is 1. The summed E-state index contributed by atoms with van der Waals surface area (Å²) in [6, 6.07) is 12.7. The van der Waals surface area contributed by atoms with Gasteiger partial charge in [-0.25, -0.2) is 0 Å². The van der Waals surface area contributed by atoms with Gasteiger partial charge in [-0.3, -0.25) is 9.59 Å². The lowest BCUT2D eigenvalue weighted by Gasteiger charge is -2.25. The van der Waals surface area contributed by atoms with E-state index < -0.39 is 0 Å². The molecular formula is C24H30N2O4. The molecule has 160 valence electrons. The Morgan fingerprint density at radius 3 is 2.47 bits per heavy atom. The van der Waals surface area contributed by atoms with Crippen molar-refractivity contribution in [2.75, 3.05) is 20.3 Å². The molecule has 0 aliphatic carbocycles. The van der Waals surface area contributed by atoms with E-state index in [0.717, 1.165) is 30.7 Å². The van der Waals surface area contributed by atoms with Gasteiger partial charge < -0.3 is 19.7 Å². The highest BCUT2D eigenvalue weighted by Crippen LogP contribution is 2.25. The Kier molecular flexibility index (Phi) is 6.98. The molecular weight excluding hydrogens is 380 g/mol. The second-order valence-electron chi connectivity index (χ2n) is 7.94. The van der Waals surface area contributed by atoms with Crippen LogP contribution < -0.4 is 14.8 Å². The monoisotopic (exact) mass is 410 g/mol. The van der Waals surface area contributed by atoms with Crippen LogP contribution in [0.1, 0.15) is 53.0 Å². The molecule has 0 spiro atoms. The number of ether oxygens (including phenoxy) is 2. The minimum Gasteiger partial charge on any atom is -0.497 e. The summed E-state index contributed by atoms with van der Waals surface area (Å²) in [5.74, 6) is 1.37. The Morgan fingerprint density at radius 2 is 1.83 bits per heavy atom. The first kappa shape index (κ1) is 21.7. The summed E-state index contributed by atoms with van der Waals surface area (Å²) >= 11 is 0. The van der Waals surface area contributed by atoms with Crippen molar-refractivity contribution in [1.29, 1.82) is 0 Å². The normalized spacial score (nSPS) is 15.9. The molecule has 30 heavy (non-hydrogen) atoms. The molecule has 1 N–H and O–H groups in total. The third-order valence-electron chi connectivity index (χ3n) is 5.28. The van der Waals surface area contributed by atoms with E-state index in [0.29, 0.717) is 23.5 Å². The predicted molar refractivity (Wildman–Crippen MR) is 116 cm³/mol. The second kappa shape index (κ2) is 9.65. The van der Waals surface area contributed by atoms with Crippen molar-refractivity contribution in [3.05, 3.63) is 59.2 Å². The number of amides is 2. The Morgan fingerprint density at radius 1 is 1.13 bits per heavy atom. The Hall–Kier alpha value is -3.02. The quantitative estimate of drug-likeness (QED) is 0.753. The highest BCUT2D eigenvalue weighted by molar-refractivity contribution is 5.96. The number of hydrogen-bond donors (Lipinski definition) is 1. The van der Waals surface area contributed by atoms with Crippen LogP contribution in [0, 0.1) is 6.92 Å². The molecule has 1 fully saturated rings.